The number of anilines is 2. The Morgan fingerprint density at radius 1 is 1.04 bits per heavy atom. The van der Waals surface area contributed by atoms with E-state index in [0.29, 0.717) is 25.9 Å². The van der Waals surface area contributed by atoms with Crippen LogP contribution in [0.1, 0.15) is 25.3 Å². The fourth-order valence-corrected chi connectivity index (χ4v) is 3.44. The predicted octanol–water partition coefficient (Wildman–Crippen LogP) is 2.51. The number of carbonyl (C=O) groups excluding carboxylic acids is 2. The number of hydrogen-bond donors (Lipinski definition) is 1. The van der Waals surface area contributed by atoms with Gasteiger partial charge in [0.2, 0.25) is 11.8 Å². The zero-order chi connectivity index (χ0) is 19.9. The Balaban J connectivity index is 1.41. The summed E-state index contributed by atoms with van der Waals surface area (Å²) in [6, 6.07) is 13.7. The predicted molar refractivity (Wildman–Crippen MR) is 110 cm³/mol. The van der Waals surface area contributed by atoms with Gasteiger partial charge in [0, 0.05) is 24.6 Å². The molecular weight excluding hydrogens is 352 g/mol. The van der Waals surface area contributed by atoms with Gasteiger partial charge in [-0.2, -0.15) is 0 Å². The second-order valence-corrected chi connectivity index (χ2v) is 7.54. The van der Waals surface area contributed by atoms with E-state index in [9.17, 15) is 9.59 Å². The highest BCUT2D eigenvalue weighted by Gasteiger charge is 2.27. The molecule has 0 saturated carbocycles. The fourth-order valence-electron chi connectivity index (χ4n) is 3.44. The van der Waals surface area contributed by atoms with Gasteiger partial charge in [0.15, 0.2) is 0 Å². The van der Waals surface area contributed by atoms with E-state index in [1.807, 2.05) is 67.4 Å². The van der Waals surface area contributed by atoms with Gasteiger partial charge in [0.25, 0.3) is 5.82 Å². The fraction of sp³-hybridized carbons (Fsp3) is 0.409. The van der Waals surface area contributed by atoms with Crippen LogP contribution in [0.5, 0.6) is 0 Å². The Morgan fingerprint density at radius 3 is 2.39 bits per heavy atom. The molecule has 1 fully saturated rings. The van der Waals surface area contributed by atoms with E-state index >= 15 is 0 Å². The molecule has 1 saturated heterocycles. The number of hydrogen-bond acceptors (Lipinski definition) is 3. The number of piperazine rings is 1. The summed E-state index contributed by atoms with van der Waals surface area (Å²) in [5.41, 5.74) is 1.95. The third-order valence-electron chi connectivity index (χ3n) is 5.06. The van der Waals surface area contributed by atoms with Gasteiger partial charge in [0.05, 0.1) is 19.3 Å². The first kappa shape index (κ1) is 19.9. The van der Waals surface area contributed by atoms with Crippen molar-refractivity contribution in [3.8, 4) is 0 Å². The average molecular weight is 382 g/mol. The van der Waals surface area contributed by atoms with Crippen LogP contribution in [0.4, 0.5) is 11.5 Å². The molecule has 3 rings (SSSR count). The Hall–Kier alpha value is -2.89. The minimum Gasteiger partial charge on any atom is -0.335 e. The van der Waals surface area contributed by atoms with Crippen LogP contribution in [0.3, 0.4) is 0 Å². The molecule has 2 aromatic rings. The quantitative estimate of drug-likeness (QED) is 0.836. The maximum atomic E-state index is 12.6. The summed E-state index contributed by atoms with van der Waals surface area (Å²) in [4.78, 5) is 32.2. The molecule has 1 aromatic heterocycles. The van der Waals surface area contributed by atoms with E-state index in [1.165, 1.54) is 0 Å². The monoisotopic (exact) mass is 381 g/mol. The Bertz CT molecular complexity index is 784. The number of aromatic nitrogens is 1. The number of H-pyrrole nitrogens is 1. The van der Waals surface area contributed by atoms with Crippen molar-refractivity contribution < 1.29 is 14.6 Å². The van der Waals surface area contributed by atoms with Gasteiger partial charge in [-0.3, -0.25) is 14.5 Å². The third kappa shape index (κ3) is 5.55. The number of carbonyl (C=O) groups is 2. The van der Waals surface area contributed by atoms with Crippen LogP contribution in [0.25, 0.3) is 0 Å². The summed E-state index contributed by atoms with van der Waals surface area (Å²) in [6.07, 6.45) is 2.66. The lowest BCUT2D eigenvalue weighted by Crippen LogP contribution is -2.50. The highest BCUT2D eigenvalue weighted by molar-refractivity contribution is 5.91. The van der Waals surface area contributed by atoms with Gasteiger partial charge < -0.3 is 10.2 Å². The van der Waals surface area contributed by atoms with Gasteiger partial charge in [-0.1, -0.05) is 30.7 Å². The highest BCUT2D eigenvalue weighted by atomic mass is 16.2. The third-order valence-corrected chi connectivity index (χ3v) is 5.06. The molecule has 2 heterocycles. The maximum Gasteiger partial charge on any atom is 0.274 e. The molecule has 148 valence electrons. The number of nitrogens with one attached hydrogen (secondary N) is 2. The van der Waals surface area contributed by atoms with Gasteiger partial charge in [-0.25, -0.2) is 4.98 Å². The molecule has 1 aliphatic heterocycles. The van der Waals surface area contributed by atoms with Gasteiger partial charge in [-0.05, 0) is 31.0 Å². The van der Waals surface area contributed by atoms with Crippen LogP contribution < -0.4 is 15.2 Å². The first-order chi connectivity index (χ1) is 13.5. The van der Waals surface area contributed by atoms with E-state index in [4.69, 9.17) is 0 Å². The molecule has 1 atom stereocenters. The highest BCUT2D eigenvalue weighted by Crippen LogP contribution is 2.16. The van der Waals surface area contributed by atoms with Crippen LogP contribution in [-0.2, 0) is 9.59 Å². The van der Waals surface area contributed by atoms with Crippen LogP contribution >= 0.6 is 0 Å². The lowest BCUT2D eigenvalue weighted by Gasteiger charge is -2.31. The van der Waals surface area contributed by atoms with Gasteiger partial charge >= 0.3 is 0 Å². The minimum absolute atomic E-state index is 0.0124. The molecule has 1 aromatic carbocycles. The Morgan fingerprint density at radius 2 is 1.75 bits per heavy atom. The van der Waals surface area contributed by atoms with E-state index in [2.05, 4.69) is 15.2 Å². The Labute approximate surface area is 166 Å². The number of benzene rings is 1. The SMILES string of the molecule is Cc1ccc(NC(=O)C[C@H](C)CC(=O)N2CCN(c3cccc[nH+]3)CC2)cc1. The molecule has 6 nitrogen and oxygen atoms in total. The van der Waals surface area contributed by atoms with Crippen LogP contribution in [0, 0.1) is 12.8 Å². The first-order valence-electron chi connectivity index (χ1n) is 9.87. The van der Waals surface area contributed by atoms with Crippen molar-refractivity contribution in [2.75, 3.05) is 36.4 Å². The number of nitrogens with zero attached hydrogens (tertiary/aromatic N) is 2. The van der Waals surface area contributed by atoms with Gasteiger partial charge in [0.1, 0.15) is 13.1 Å². The Kier molecular flexibility index (Phi) is 6.63. The zero-order valence-electron chi connectivity index (χ0n) is 16.6. The number of amides is 2. The molecule has 6 heteroatoms. The lowest BCUT2D eigenvalue weighted by molar-refractivity contribution is -0.364. The number of pyridine rings is 1. The zero-order valence-corrected chi connectivity index (χ0v) is 16.6. The summed E-state index contributed by atoms with van der Waals surface area (Å²) < 4.78 is 0. The summed E-state index contributed by atoms with van der Waals surface area (Å²) in [6.45, 7) is 7.02. The minimum atomic E-state index is -0.0476. The lowest BCUT2D eigenvalue weighted by atomic mass is 10.0. The molecule has 2 amide bonds. The largest absolute Gasteiger partial charge is 0.335 e. The summed E-state index contributed by atoms with van der Waals surface area (Å²) >= 11 is 0. The van der Waals surface area contributed by atoms with Gasteiger partial charge in [-0.15, -0.1) is 0 Å². The van der Waals surface area contributed by atoms with Crippen molar-refractivity contribution in [1.82, 2.24) is 4.90 Å². The summed E-state index contributed by atoms with van der Waals surface area (Å²) in [5, 5.41) is 2.90. The van der Waals surface area contributed by atoms with Crippen molar-refractivity contribution in [1.29, 1.82) is 0 Å². The standard InChI is InChI=1S/C22H28N4O2/c1-17-6-8-19(9-7-17)24-21(27)15-18(2)16-22(28)26-13-11-25(12-14-26)20-5-3-4-10-23-20/h3-10,18H,11-16H2,1-2H3,(H,24,27)/p+1/t18-/m0/s1. The van der Waals surface area contributed by atoms with Crippen molar-refractivity contribution in [3.63, 3.8) is 0 Å². The molecule has 1 aliphatic rings. The van der Waals surface area contributed by atoms with E-state index in [-0.39, 0.29) is 17.7 Å². The van der Waals surface area contributed by atoms with Crippen LogP contribution in [0.2, 0.25) is 0 Å². The van der Waals surface area contributed by atoms with E-state index in [1.54, 1.807) is 0 Å². The normalized spacial score (nSPS) is 15.2. The van der Waals surface area contributed by atoms with Crippen LogP contribution in [-0.4, -0.2) is 42.9 Å². The molecule has 0 aliphatic carbocycles. The second kappa shape index (κ2) is 9.35. The number of aromatic amines is 1. The van der Waals surface area contributed by atoms with Crippen molar-refractivity contribution in [2.45, 2.75) is 26.7 Å². The van der Waals surface area contributed by atoms with Crippen molar-refractivity contribution in [3.05, 3.63) is 54.2 Å². The van der Waals surface area contributed by atoms with Crippen molar-refractivity contribution >= 4 is 23.3 Å². The summed E-state index contributed by atoms with van der Waals surface area (Å²) in [7, 11) is 0. The van der Waals surface area contributed by atoms with E-state index < -0.39 is 0 Å². The number of aryl methyl sites for hydroxylation is 1. The topological polar surface area (TPSA) is 66.8 Å². The molecule has 2 N–H and O–H groups in total. The summed E-state index contributed by atoms with van der Waals surface area (Å²) in [5.74, 6) is 1.18. The molecule has 0 bridgehead atoms. The molecule has 0 radical (unpaired) electrons. The van der Waals surface area contributed by atoms with E-state index in [0.717, 1.165) is 30.2 Å². The molecule has 0 unspecified atom stereocenters. The van der Waals surface area contributed by atoms with Crippen molar-refractivity contribution in [2.24, 2.45) is 5.92 Å². The molecule has 28 heavy (non-hydrogen) atoms. The first-order valence-corrected chi connectivity index (χ1v) is 9.87. The second-order valence-electron chi connectivity index (χ2n) is 7.54. The maximum absolute atomic E-state index is 12.6. The molecular formula is C22H29N4O2+. The van der Waals surface area contributed by atoms with Crippen LogP contribution in [0.15, 0.2) is 48.7 Å². The average Bonchev–Trinajstić information content (AvgIpc) is 2.70. The number of rotatable bonds is 6. The smallest absolute Gasteiger partial charge is 0.274 e. The molecule has 0 spiro atoms.